The Morgan fingerprint density at radius 3 is 2.62 bits per heavy atom. The summed E-state index contributed by atoms with van der Waals surface area (Å²) in [6, 6.07) is 7.41. The summed E-state index contributed by atoms with van der Waals surface area (Å²) in [6.45, 7) is 2.28. The molecule has 2 aromatic rings. The summed E-state index contributed by atoms with van der Waals surface area (Å²) in [5.74, 6) is 1.84. The summed E-state index contributed by atoms with van der Waals surface area (Å²) >= 11 is 0. The van der Waals surface area contributed by atoms with Gasteiger partial charge in [0.2, 0.25) is 5.91 Å². The fourth-order valence-corrected chi connectivity index (χ4v) is 4.18. The van der Waals surface area contributed by atoms with E-state index in [1.165, 1.54) is 0 Å². The van der Waals surface area contributed by atoms with Crippen LogP contribution in [0.25, 0.3) is 0 Å². The standard InChI is InChI=1S/C22H28N4O3/c1-14(27)24-13-15-5-7-17(8-6-15)21(18-4-2-3-11-23-18)25-22(28)19-12-20(29-26-19)16-9-10-16/h2-4,11-12,15-17,21H,5-10,13H2,1H3,(H,24,27)(H,25,28). The molecule has 2 N–H and O–H groups in total. The van der Waals surface area contributed by atoms with E-state index in [-0.39, 0.29) is 17.9 Å². The first kappa shape index (κ1) is 19.6. The van der Waals surface area contributed by atoms with E-state index in [0.29, 0.717) is 23.4 Å². The van der Waals surface area contributed by atoms with Gasteiger partial charge in [-0.2, -0.15) is 0 Å². The van der Waals surface area contributed by atoms with Crippen molar-refractivity contribution in [2.45, 2.75) is 57.4 Å². The van der Waals surface area contributed by atoms with E-state index in [2.05, 4.69) is 20.8 Å². The first-order valence-corrected chi connectivity index (χ1v) is 10.5. The first-order chi connectivity index (χ1) is 14.1. The molecule has 0 aromatic carbocycles. The minimum atomic E-state index is -0.211. The fraction of sp³-hybridized carbons (Fsp3) is 0.545. The van der Waals surface area contributed by atoms with Crippen LogP contribution >= 0.6 is 0 Å². The van der Waals surface area contributed by atoms with Gasteiger partial charge in [-0.1, -0.05) is 11.2 Å². The Kier molecular flexibility index (Phi) is 5.92. The Morgan fingerprint density at radius 2 is 1.97 bits per heavy atom. The lowest BCUT2D eigenvalue weighted by molar-refractivity contribution is -0.119. The number of pyridine rings is 1. The summed E-state index contributed by atoms with van der Waals surface area (Å²) in [7, 11) is 0. The predicted molar refractivity (Wildman–Crippen MR) is 107 cm³/mol. The second kappa shape index (κ2) is 8.76. The summed E-state index contributed by atoms with van der Waals surface area (Å²) in [6.07, 6.45) is 8.00. The van der Waals surface area contributed by atoms with Crippen molar-refractivity contribution in [3.63, 3.8) is 0 Å². The monoisotopic (exact) mass is 396 g/mol. The molecule has 1 unspecified atom stereocenters. The van der Waals surface area contributed by atoms with E-state index in [1.807, 2.05) is 18.2 Å². The number of carbonyl (C=O) groups excluding carboxylic acids is 2. The number of carbonyl (C=O) groups is 2. The maximum Gasteiger partial charge on any atom is 0.274 e. The maximum atomic E-state index is 12.9. The summed E-state index contributed by atoms with van der Waals surface area (Å²) < 4.78 is 5.34. The highest BCUT2D eigenvalue weighted by molar-refractivity contribution is 5.92. The van der Waals surface area contributed by atoms with Crippen molar-refractivity contribution >= 4 is 11.8 Å². The molecule has 0 radical (unpaired) electrons. The van der Waals surface area contributed by atoms with Crippen molar-refractivity contribution in [3.8, 4) is 0 Å². The van der Waals surface area contributed by atoms with Crippen LogP contribution < -0.4 is 10.6 Å². The van der Waals surface area contributed by atoms with Crippen LogP contribution in [0.4, 0.5) is 0 Å². The largest absolute Gasteiger partial charge is 0.360 e. The number of hydrogen-bond donors (Lipinski definition) is 2. The molecular weight excluding hydrogens is 368 g/mol. The van der Waals surface area contributed by atoms with Crippen LogP contribution in [-0.2, 0) is 4.79 Å². The Hall–Kier alpha value is -2.70. The van der Waals surface area contributed by atoms with Crippen LogP contribution in [0.15, 0.2) is 35.0 Å². The number of nitrogens with zero attached hydrogens (tertiary/aromatic N) is 2. The molecule has 0 spiro atoms. The molecule has 154 valence electrons. The number of aromatic nitrogens is 2. The molecule has 2 fully saturated rings. The molecule has 4 rings (SSSR count). The minimum absolute atomic E-state index is 0.0175. The maximum absolute atomic E-state index is 12.9. The SMILES string of the molecule is CC(=O)NCC1CCC(C(NC(=O)c2cc(C3CC3)on2)c2ccccn2)CC1. The van der Waals surface area contributed by atoms with Crippen molar-refractivity contribution < 1.29 is 14.1 Å². The van der Waals surface area contributed by atoms with E-state index in [9.17, 15) is 9.59 Å². The third-order valence-electron chi connectivity index (χ3n) is 6.04. The molecule has 0 aliphatic heterocycles. The van der Waals surface area contributed by atoms with E-state index < -0.39 is 0 Å². The van der Waals surface area contributed by atoms with E-state index in [0.717, 1.165) is 56.5 Å². The highest BCUT2D eigenvalue weighted by Crippen LogP contribution is 2.40. The van der Waals surface area contributed by atoms with Crippen molar-refractivity contribution in [2.75, 3.05) is 6.54 Å². The molecule has 7 heteroatoms. The quantitative estimate of drug-likeness (QED) is 0.748. The molecule has 0 saturated heterocycles. The third-order valence-corrected chi connectivity index (χ3v) is 6.04. The zero-order valence-electron chi connectivity index (χ0n) is 16.8. The van der Waals surface area contributed by atoms with Gasteiger partial charge < -0.3 is 15.2 Å². The van der Waals surface area contributed by atoms with Crippen LogP contribution in [-0.4, -0.2) is 28.5 Å². The lowest BCUT2D eigenvalue weighted by Crippen LogP contribution is -2.37. The van der Waals surface area contributed by atoms with Crippen LogP contribution in [0.1, 0.15) is 79.4 Å². The lowest BCUT2D eigenvalue weighted by Gasteiger charge is -2.34. The second-order valence-corrected chi connectivity index (χ2v) is 8.31. The molecule has 2 aromatic heterocycles. The number of hydrogen-bond acceptors (Lipinski definition) is 5. The van der Waals surface area contributed by atoms with Crippen LogP contribution in [0.2, 0.25) is 0 Å². The van der Waals surface area contributed by atoms with Gasteiger partial charge in [-0.15, -0.1) is 0 Å². The van der Waals surface area contributed by atoms with Gasteiger partial charge in [0.15, 0.2) is 5.69 Å². The summed E-state index contributed by atoms with van der Waals surface area (Å²) in [4.78, 5) is 28.5. The van der Waals surface area contributed by atoms with Gasteiger partial charge in [-0.25, -0.2) is 0 Å². The molecule has 2 heterocycles. The zero-order chi connectivity index (χ0) is 20.2. The Labute approximate surface area is 170 Å². The highest BCUT2D eigenvalue weighted by atomic mass is 16.5. The predicted octanol–water partition coefficient (Wildman–Crippen LogP) is 3.36. The Bertz CT molecular complexity index is 839. The average Bonchev–Trinajstić information content (AvgIpc) is 3.48. The number of rotatable bonds is 7. The van der Waals surface area contributed by atoms with Crippen LogP contribution in [0.5, 0.6) is 0 Å². The van der Waals surface area contributed by atoms with Gasteiger partial charge in [0.05, 0.1) is 11.7 Å². The van der Waals surface area contributed by atoms with Gasteiger partial charge in [0.25, 0.3) is 5.91 Å². The van der Waals surface area contributed by atoms with Gasteiger partial charge in [-0.05, 0) is 62.5 Å². The van der Waals surface area contributed by atoms with Crippen molar-refractivity contribution in [1.29, 1.82) is 0 Å². The molecule has 2 aliphatic rings. The van der Waals surface area contributed by atoms with E-state index >= 15 is 0 Å². The highest BCUT2D eigenvalue weighted by Gasteiger charge is 2.33. The number of amides is 2. The van der Waals surface area contributed by atoms with E-state index in [4.69, 9.17) is 4.52 Å². The topological polar surface area (TPSA) is 97.1 Å². The second-order valence-electron chi connectivity index (χ2n) is 8.31. The molecule has 2 aliphatic carbocycles. The molecule has 29 heavy (non-hydrogen) atoms. The summed E-state index contributed by atoms with van der Waals surface area (Å²) in [5, 5.41) is 10.1. The van der Waals surface area contributed by atoms with Gasteiger partial charge in [0, 0.05) is 31.6 Å². The van der Waals surface area contributed by atoms with Crippen molar-refractivity contribution in [1.82, 2.24) is 20.8 Å². The lowest BCUT2D eigenvalue weighted by atomic mass is 9.77. The third kappa shape index (κ3) is 5.02. The van der Waals surface area contributed by atoms with Crippen LogP contribution in [0, 0.1) is 11.8 Å². The van der Waals surface area contributed by atoms with E-state index in [1.54, 1.807) is 19.2 Å². The molecule has 0 bridgehead atoms. The normalized spacial score (nSPS) is 22.7. The molecule has 7 nitrogen and oxygen atoms in total. The molecule has 2 saturated carbocycles. The number of nitrogens with one attached hydrogen (secondary N) is 2. The molecule has 2 amide bonds. The van der Waals surface area contributed by atoms with Crippen LogP contribution in [0.3, 0.4) is 0 Å². The molecular formula is C22H28N4O3. The Balaban J connectivity index is 1.43. The van der Waals surface area contributed by atoms with Crippen molar-refractivity contribution in [2.24, 2.45) is 11.8 Å². The smallest absolute Gasteiger partial charge is 0.274 e. The van der Waals surface area contributed by atoms with Gasteiger partial charge >= 0.3 is 0 Å². The summed E-state index contributed by atoms with van der Waals surface area (Å²) in [5.41, 5.74) is 1.21. The van der Waals surface area contributed by atoms with Crippen molar-refractivity contribution in [3.05, 3.63) is 47.6 Å². The zero-order valence-corrected chi connectivity index (χ0v) is 16.8. The molecule has 1 atom stereocenters. The van der Waals surface area contributed by atoms with Gasteiger partial charge in [0.1, 0.15) is 5.76 Å². The average molecular weight is 396 g/mol. The fourth-order valence-electron chi connectivity index (χ4n) is 4.18. The minimum Gasteiger partial charge on any atom is -0.360 e. The van der Waals surface area contributed by atoms with Gasteiger partial charge in [-0.3, -0.25) is 14.6 Å². The first-order valence-electron chi connectivity index (χ1n) is 10.5. The Morgan fingerprint density at radius 1 is 1.17 bits per heavy atom.